The van der Waals surface area contributed by atoms with Gasteiger partial charge in [-0.2, -0.15) is 0 Å². The van der Waals surface area contributed by atoms with E-state index in [-0.39, 0.29) is 0 Å². The third-order valence-corrected chi connectivity index (χ3v) is 3.63. The van der Waals surface area contributed by atoms with Crippen molar-refractivity contribution in [3.63, 3.8) is 0 Å². The molecule has 0 saturated heterocycles. The first-order chi connectivity index (χ1) is 13.1. The summed E-state index contributed by atoms with van der Waals surface area (Å²) in [6.07, 6.45) is 27.6. The number of unbranched alkanes of at least 4 members (excludes halogenated alkanes) is 1. The first-order valence-electron chi connectivity index (χ1n) is 9.25. The maximum absolute atomic E-state index is 10.7. The van der Waals surface area contributed by atoms with Crippen LogP contribution in [-0.4, -0.2) is 28.5 Å². The van der Waals surface area contributed by atoms with Gasteiger partial charge < -0.3 is 5.11 Å². The summed E-state index contributed by atoms with van der Waals surface area (Å²) in [4.78, 5) is 20.3. The van der Waals surface area contributed by atoms with Gasteiger partial charge in [-0.3, -0.25) is 14.9 Å². The number of hydrogen-bond donors (Lipinski definition) is 1. The molecular formula is C22H30NO4. The molecule has 2 atom stereocenters. The molecule has 0 aromatic heterocycles. The highest BCUT2D eigenvalue weighted by atomic mass is 16.6. The molecule has 0 heterocycles. The van der Waals surface area contributed by atoms with Crippen molar-refractivity contribution in [1.29, 1.82) is 0 Å². The number of nitro groups is 1. The standard InChI is InChI=1S/C22H30NO4/c1-2-21(23(26)27)22(25)19-17-15-13-11-9-7-5-3-4-6-8-10-12-14-16-18-20-24/h3-9,11-12,14-15,17,21-22,25H,2,10,13,16,18-19H2,1H3/b4-3-,7-5-,8-6-,11-9-,14-12-,17-15-. The van der Waals surface area contributed by atoms with Gasteiger partial charge in [0.05, 0.1) is 0 Å². The highest BCUT2D eigenvalue weighted by Crippen LogP contribution is 2.08. The fourth-order valence-electron chi connectivity index (χ4n) is 2.13. The lowest BCUT2D eigenvalue weighted by atomic mass is 10.1. The van der Waals surface area contributed by atoms with Crippen LogP contribution in [0.3, 0.4) is 0 Å². The summed E-state index contributed by atoms with van der Waals surface area (Å²) in [6, 6.07) is -0.897. The molecule has 147 valence electrons. The van der Waals surface area contributed by atoms with Crippen LogP contribution in [0.15, 0.2) is 72.9 Å². The van der Waals surface area contributed by atoms with Gasteiger partial charge in [-0.15, -0.1) is 0 Å². The molecule has 0 spiro atoms. The van der Waals surface area contributed by atoms with Crippen LogP contribution < -0.4 is 0 Å². The molecule has 0 fully saturated rings. The molecular weight excluding hydrogens is 342 g/mol. The zero-order valence-corrected chi connectivity index (χ0v) is 15.9. The van der Waals surface area contributed by atoms with Crippen molar-refractivity contribution in [2.45, 2.75) is 57.6 Å². The van der Waals surface area contributed by atoms with Crippen molar-refractivity contribution in [2.24, 2.45) is 0 Å². The zero-order valence-electron chi connectivity index (χ0n) is 15.9. The summed E-state index contributed by atoms with van der Waals surface area (Å²) in [5.74, 6) is 0. The zero-order chi connectivity index (χ0) is 20.2. The maximum Gasteiger partial charge on any atom is 0.238 e. The number of hydrogen-bond acceptors (Lipinski definition) is 4. The van der Waals surface area contributed by atoms with Crippen molar-refractivity contribution in [3.8, 4) is 0 Å². The number of nitrogens with zero attached hydrogens (tertiary/aromatic N) is 1. The van der Waals surface area contributed by atoms with Crippen LogP contribution in [0.2, 0.25) is 0 Å². The van der Waals surface area contributed by atoms with Crippen LogP contribution in [0.1, 0.15) is 45.4 Å². The molecule has 27 heavy (non-hydrogen) atoms. The molecule has 0 aromatic rings. The van der Waals surface area contributed by atoms with Gasteiger partial charge in [0, 0.05) is 17.8 Å². The molecule has 1 N–H and O–H groups in total. The Kier molecular flexibility index (Phi) is 16.6. The van der Waals surface area contributed by atoms with Gasteiger partial charge in [-0.1, -0.05) is 79.8 Å². The number of allylic oxidation sites excluding steroid dienone is 11. The summed E-state index contributed by atoms with van der Waals surface area (Å²) in [5.41, 5.74) is 0. The van der Waals surface area contributed by atoms with E-state index in [1.807, 2.05) is 73.1 Å². The van der Waals surface area contributed by atoms with E-state index in [0.29, 0.717) is 25.7 Å². The Balaban J connectivity index is 3.88. The predicted molar refractivity (Wildman–Crippen MR) is 111 cm³/mol. The van der Waals surface area contributed by atoms with Crippen LogP contribution in [0, 0.1) is 10.1 Å². The Morgan fingerprint density at radius 2 is 1.48 bits per heavy atom. The highest BCUT2D eigenvalue weighted by Gasteiger charge is 2.26. The quantitative estimate of drug-likeness (QED) is 0.147. The van der Waals surface area contributed by atoms with Crippen LogP contribution in [0.4, 0.5) is 0 Å². The highest BCUT2D eigenvalue weighted by molar-refractivity contribution is 5.50. The van der Waals surface area contributed by atoms with E-state index >= 15 is 0 Å². The summed E-state index contributed by atoms with van der Waals surface area (Å²) in [7, 11) is 0. The summed E-state index contributed by atoms with van der Waals surface area (Å²) < 4.78 is 0. The second-order valence-corrected chi connectivity index (χ2v) is 5.79. The second kappa shape index (κ2) is 18.3. The Labute approximate surface area is 162 Å². The van der Waals surface area contributed by atoms with E-state index in [4.69, 9.17) is 0 Å². The normalized spacial score (nSPS) is 15.2. The van der Waals surface area contributed by atoms with Gasteiger partial charge in [0.2, 0.25) is 6.04 Å². The minimum absolute atomic E-state index is 0.295. The van der Waals surface area contributed by atoms with Gasteiger partial charge in [0.1, 0.15) is 6.10 Å². The minimum atomic E-state index is -0.936. The van der Waals surface area contributed by atoms with Crippen LogP contribution in [-0.2, 0) is 4.79 Å². The molecule has 0 amide bonds. The Morgan fingerprint density at radius 3 is 2.00 bits per heavy atom. The predicted octanol–water partition coefficient (Wildman–Crippen LogP) is 4.80. The lowest BCUT2D eigenvalue weighted by Gasteiger charge is -2.12. The molecule has 0 aliphatic rings. The van der Waals surface area contributed by atoms with Gasteiger partial charge in [0.15, 0.2) is 6.29 Å². The van der Waals surface area contributed by atoms with Crippen molar-refractivity contribution >= 4 is 6.29 Å². The van der Waals surface area contributed by atoms with E-state index < -0.39 is 17.1 Å². The van der Waals surface area contributed by atoms with Gasteiger partial charge in [0.25, 0.3) is 0 Å². The molecule has 2 unspecified atom stereocenters. The Hall–Kier alpha value is -2.53. The van der Waals surface area contributed by atoms with Crippen molar-refractivity contribution in [3.05, 3.63) is 83.0 Å². The van der Waals surface area contributed by atoms with E-state index in [9.17, 15) is 20.0 Å². The lowest BCUT2D eigenvalue weighted by Crippen LogP contribution is -2.32. The van der Waals surface area contributed by atoms with E-state index in [0.717, 1.165) is 12.8 Å². The third-order valence-electron chi connectivity index (χ3n) is 3.63. The maximum atomic E-state index is 10.7. The molecule has 5 nitrogen and oxygen atoms in total. The topological polar surface area (TPSA) is 80.4 Å². The van der Waals surface area contributed by atoms with Crippen LogP contribution in [0.25, 0.3) is 0 Å². The molecule has 0 aliphatic heterocycles. The minimum Gasteiger partial charge on any atom is -0.386 e. The van der Waals surface area contributed by atoms with Crippen LogP contribution in [0.5, 0.6) is 0 Å². The molecule has 1 radical (unpaired) electrons. The van der Waals surface area contributed by atoms with Crippen molar-refractivity contribution < 1.29 is 14.8 Å². The molecule has 0 rings (SSSR count). The van der Waals surface area contributed by atoms with E-state index in [2.05, 4.69) is 0 Å². The number of rotatable bonds is 15. The van der Waals surface area contributed by atoms with Crippen molar-refractivity contribution in [1.82, 2.24) is 0 Å². The largest absolute Gasteiger partial charge is 0.386 e. The Morgan fingerprint density at radius 1 is 0.926 bits per heavy atom. The summed E-state index contributed by atoms with van der Waals surface area (Å²) >= 11 is 0. The molecule has 0 saturated carbocycles. The summed E-state index contributed by atoms with van der Waals surface area (Å²) in [6.45, 7) is 1.70. The van der Waals surface area contributed by atoms with Gasteiger partial charge >= 0.3 is 0 Å². The number of aliphatic hydroxyl groups is 1. The van der Waals surface area contributed by atoms with Crippen molar-refractivity contribution in [2.75, 3.05) is 0 Å². The summed E-state index contributed by atoms with van der Waals surface area (Å²) in [5, 5.41) is 20.5. The first kappa shape index (κ1) is 24.5. The van der Waals surface area contributed by atoms with Gasteiger partial charge in [-0.05, 0) is 25.7 Å². The molecule has 0 bridgehead atoms. The fourth-order valence-corrected chi connectivity index (χ4v) is 2.13. The molecule has 5 heteroatoms. The smallest absolute Gasteiger partial charge is 0.238 e. The van der Waals surface area contributed by atoms with Gasteiger partial charge in [-0.25, -0.2) is 0 Å². The molecule has 0 aliphatic carbocycles. The average molecular weight is 372 g/mol. The number of carbonyl (C=O) groups excluding carboxylic acids is 1. The van der Waals surface area contributed by atoms with E-state index in [1.165, 1.54) is 0 Å². The average Bonchev–Trinajstić information content (AvgIpc) is 2.64. The fraction of sp³-hybridized carbons (Fsp3) is 0.409. The first-order valence-corrected chi connectivity index (χ1v) is 9.25. The van der Waals surface area contributed by atoms with Crippen LogP contribution >= 0.6 is 0 Å². The SMILES string of the molecule is CCC(C(O)C/C=C\C\C=C/C=C\C=C/C=C\C/C=C\CC[C]=O)[N+](=O)[O-]. The Bertz CT molecular complexity index is 571. The third kappa shape index (κ3) is 15.4. The second-order valence-electron chi connectivity index (χ2n) is 5.79. The number of aliphatic hydroxyl groups excluding tert-OH is 1. The van der Waals surface area contributed by atoms with E-state index in [1.54, 1.807) is 13.0 Å². The lowest BCUT2D eigenvalue weighted by molar-refractivity contribution is -0.534. The monoisotopic (exact) mass is 372 g/mol. The molecule has 0 aromatic carbocycles.